The fraction of sp³-hybridized carbons (Fsp3) is 0.438. The zero-order valence-corrected chi connectivity index (χ0v) is 12.9. The summed E-state index contributed by atoms with van der Waals surface area (Å²) in [6.07, 6.45) is 2.64. The van der Waals surface area contributed by atoms with Gasteiger partial charge in [-0.2, -0.15) is 0 Å². The number of fused-ring (bicyclic) bond motifs is 3. The van der Waals surface area contributed by atoms with Crippen LogP contribution < -0.4 is 4.74 Å². The van der Waals surface area contributed by atoms with Crippen molar-refractivity contribution < 1.29 is 14.3 Å². The minimum absolute atomic E-state index is 0.0262. The van der Waals surface area contributed by atoms with Gasteiger partial charge in [-0.05, 0) is 30.7 Å². The Kier molecular flexibility index (Phi) is 3.49. The van der Waals surface area contributed by atoms with Crippen LogP contribution in [-0.2, 0) is 11.3 Å². The molecule has 1 amide bonds. The maximum atomic E-state index is 12.7. The average molecular weight is 314 g/mol. The van der Waals surface area contributed by atoms with E-state index in [1.54, 1.807) is 37.6 Å². The molecular formula is C16H18N4O3. The number of aromatic nitrogens is 3. The van der Waals surface area contributed by atoms with Crippen LogP contribution in [0.5, 0.6) is 5.75 Å². The van der Waals surface area contributed by atoms with E-state index in [4.69, 9.17) is 9.47 Å². The molecule has 120 valence electrons. The minimum Gasteiger partial charge on any atom is -0.497 e. The number of rotatable bonds is 2. The van der Waals surface area contributed by atoms with E-state index in [1.807, 2.05) is 9.58 Å². The van der Waals surface area contributed by atoms with Crippen LogP contribution in [0.3, 0.4) is 0 Å². The number of amides is 1. The van der Waals surface area contributed by atoms with Gasteiger partial charge in [-0.25, -0.2) is 4.68 Å². The molecule has 1 saturated heterocycles. The van der Waals surface area contributed by atoms with E-state index < -0.39 is 0 Å². The maximum absolute atomic E-state index is 12.7. The smallest absolute Gasteiger partial charge is 0.253 e. The van der Waals surface area contributed by atoms with Gasteiger partial charge in [-0.1, -0.05) is 5.21 Å². The van der Waals surface area contributed by atoms with Gasteiger partial charge in [-0.15, -0.1) is 5.10 Å². The number of hydrogen-bond acceptors (Lipinski definition) is 5. The predicted octanol–water partition coefficient (Wildman–Crippen LogP) is 1.27. The molecule has 23 heavy (non-hydrogen) atoms. The van der Waals surface area contributed by atoms with Gasteiger partial charge in [0.1, 0.15) is 5.75 Å². The Labute approximate surface area is 133 Å². The topological polar surface area (TPSA) is 69.5 Å². The van der Waals surface area contributed by atoms with Gasteiger partial charge in [0, 0.05) is 18.7 Å². The summed E-state index contributed by atoms with van der Waals surface area (Å²) in [4.78, 5) is 14.6. The van der Waals surface area contributed by atoms with Crippen LogP contribution in [0.25, 0.3) is 0 Å². The van der Waals surface area contributed by atoms with E-state index >= 15 is 0 Å². The van der Waals surface area contributed by atoms with Gasteiger partial charge < -0.3 is 14.4 Å². The number of likely N-dealkylation sites (tertiary alicyclic amines) is 1. The summed E-state index contributed by atoms with van der Waals surface area (Å²) >= 11 is 0. The summed E-state index contributed by atoms with van der Waals surface area (Å²) < 4.78 is 12.9. The summed E-state index contributed by atoms with van der Waals surface area (Å²) in [5.41, 5.74) is 1.63. The second kappa shape index (κ2) is 5.66. The number of carbonyl (C=O) groups is 1. The van der Waals surface area contributed by atoms with Crippen LogP contribution >= 0.6 is 0 Å². The van der Waals surface area contributed by atoms with E-state index in [2.05, 4.69) is 10.3 Å². The van der Waals surface area contributed by atoms with Crippen LogP contribution in [0.15, 0.2) is 30.5 Å². The third-order valence-corrected chi connectivity index (χ3v) is 4.55. The molecule has 2 aromatic rings. The van der Waals surface area contributed by atoms with Gasteiger partial charge in [0.05, 0.1) is 37.8 Å². The SMILES string of the molecule is COc1ccc(C(=O)N2CCC3OCc4cnnn4C3C2)cc1. The van der Waals surface area contributed by atoms with Gasteiger partial charge in [-0.3, -0.25) is 4.79 Å². The van der Waals surface area contributed by atoms with Crippen LogP contribution in [0.1, 0.15) is 28.5 Å². The molecule has 2 unspecified atom stereocenters. The zero-order valence-electron chi connectivity index (χ0n) is 12.9. The molecule has 0 saturated carbocycles. The van der Waals surface area contributed by atoms with E-state index in [9.17, 15) is 4.79 Å². The van der Waals surface area contributed by atoms with Crippen molar-refractivity contribution in [3.05, 3.63) is 41.7 Å². The molecule has 0 radical (unpaired) electrons. The molecule has 1 fully saturated rings. The largest absolute Gasteiger partial charge is 0.497 e. The normalized spacial score (nSPS) is 23.1. The van der Waals surface area contributed by atoms with Crippen molar-refractivity contribution in [1.82, 2.24) is 19.9 Å². The Balaban J connectivity index is 1.54. The van der Waals surface area contributed by atoms with Crippen molar-refractivity contribution in [3.63, 3.8) is 0 Å². The van der Waals surface area contributed by atoms with Crippen LogP contribution in [0, 0.1) is 0 Å². The molecular weight excluding hydrogens is 296 g/mol. The Morgan fingerprint density at radius 2 is 2.17 bits per heavy atom. The second-order valence-electron chi connectivity index (χ2n) is 5.86. The number of carbonyl (C=O) groups excluding carboxylic acids is 1. The zero-order chi connectivity index (χ0) is 15.8. The van der Waals surface area contributed by atoms with Gasteiger partial charge in [0.15, 0.2) is 0 Å². The number of nitrogens with zero attached hydrogens (tertiary/aromatic N) is 4. The van der Waals surface area contributed by atoms with Crippen LogP contribution in [-0.4, -0.2) is 52.1 Å². The quantitative estimate of drug-likeness (QED) is 0.835. The van der Waals surface area contributed by atoms with E-state index in [0.717, 1.165) is 17.9 Å². The highest BCUT2D eigenvalue weighted by atomic mass is 16.5. The molecule has 0 bridgehead atoms. The third-order valence-electron chi connectivity index (χ3n) is 4.55. The molecule has 7 heteroatoms. The first-order valence-corrected chi connectivity index (χ1v) is 7.70. The molecule has 2 aliphatic rings. The molecule has 4 rings (SSSR count). The Morgan fingerprint density at radius 3 is 2.96 bits per heavy atom. The van der Waals surface area contributed by atoms with Crippen molar-refractivity contribution >= 4 is 5.91 Å². The summed E-state index contributed by atoms with van der Waals surface area (Å²) in [6, 6.07) is 7.24. The Bertz CT molecular complexity index is 712. The minimum atomic E-state index is 0.0262. The molecule has 1 aromatic carbocycles. The second-order valence-corrected chi connectivity index (χ2v) is 5.86. The number of methoxy groups -OCH3 is 1. The van der Waals surface area contributed by atoms with Gasteiger partial charge in [0.25, 0.3) is 5.91 Å². The molecule has 2 aliphatic heterocycles. The van der Waals surface area contributed by atoms with Gasteiger partial charge >= 0.3 is 0 Å². The molecule has 0 aliphatic carbocycles. The fourth-order valence-electron chi connectivity index (χ4n) is 3.28. The van der Waals surface area contributed by atoms with Crippen molar-refractivity contribution in [2.45, 2.75) is 25.2 Å². The first-order chi connectivity index (χ1) is 11.3. The standard InChI is InChI=1S/C16H18N4O3/c1-22-13-4-2-11(3-5-13)16(21)19-7-6-15-14(9-19)20-12(10-23-15)8-17-18-20/h2-5,8,14-15H,6-7,9-10H2,1H3. The summed E-state index contributed by atoms with van der Waals surface area (Å²) in [5.74, 6) is 0.770. The van der Waals surface area contributed by atoms with Crippen molar-refractivity contribution in [2.75, 3.05) is 20.2 Å². The molecule has 2 atom stereocenters. The highest BCUT2D eigenvalue weighted by Crippen LogP contribution is 2.30. The molecule has 0 spiro atoms. The first kappa shape index (κ1) is 14.2. The lowest BCUT2D eigenvalue weighted by atomic mass is 9.99. The van der Waals surface area contributed by atoms with E-state index in [0.29, 0.717) is 25.3 Å². The summed E-state index contributed by atoms with van der Waals surface area (Å²) in [5, 5.41) is 8.12. The van der Waals surface area contributed by atoms with E-state index in [-0.39, 0.29) is 18.1 Å². The molecule has 1 aromatic heterocycles. The number of benzene rings is 1. The maximum Gasteiger partial charge on any atom is 0.253 e. The fourth-order valence-corrected chi connectivity index (χ4v) is 3.28. The average Bonchev–Trinajstić information content (AvgIpc) is 3.10. The highest BCUT2D eigenvalue weighted by molar-refractivity contribution is 5.94. The third kappa shape index (κ3) is 2.46. The van der Waals surface area contributed by atoms with Crippen LogP contribution in [0.2, 0.25) is 0 Å². The first-order valence-electron chi connectivity index (χ1n) is 7.70. The van der Waals surface area contributed by atoms with Crippen molar-refractivity contribution in [2.24, 2.45) is 0 Å². The highest BCUT2D eigenvalue weighted by Gasteiger charge is 2.37. The van der Waals surface area contributed by atoms with Crippen molar-refractivity contribution in [1.29, 1.82) is 0 Å². The summed E-state index contributed by atoms with van der Waals surface area (Å²) in [7, 11) is 1.61. The lowest BCUT2D eigenvalue weighted by Crippen LogP contribution is -2.49. The van der Waals surface area contributed by atoms with Gasteiger partial charge in [0.2, 0.25) is 0 Å². The Hall–Kier alpha value is -2.41. The number of hydrogen-bond donors (Lipinski definition) is 0. The van der Waals surface area contributed by atoms with Crippen molar-refractivity contribution in [3.8, 4) is 5.75 Å². The molecule has 7 nitrogen and oxygen atoms in total. The Morgan fingerprint density at radius 1 is 1.35 bits per heavy atom. The lowest BCUT2D eigenvalue weighted by Gasteiger charge is -2.41. The number of ether oxygens (including phenoxy) is 2. The molecule has 3 heterocycles. The molecule has 0 N–H and O–H groups in total. The summed E-state index contributed by atoms with van der Waals surface area (Å²) in [6.45, 7) is 1.82. The number of piperidine rings is 1. The predicted molar refractivity (Wildman–Crippen MR) is 81.2 cm³/mol. The van der Waals surface area contributed by atoms with E-state index in [1.165, 1.54) is 0 Å². The monoisotopic (exact) mass is 314 g/mol. The van der Waals surface area contributed by atoms with Crippen LogP contribution in [0.4, 0.5) is 0 Å². The lowest BCUT2D eigenvalue weighted by molar-refractivity contribution is -0.0605.